The largest absolute Gasteiger partial charge is 0.388 e. The predicted octanol–water partition coefficient (Wildman–Crippen LogP) is 5.63. The molecule has 0 aliphatic heterocycles. The molecule has 0 aliphatic carbocycles. The molecule has 3 aromatic carbocycles. The maximum absolute atomic E-state index is 11.6. The first-order valence-electron chi connectivity index (χ1n) is 10.8. The number of hydrogen-bond donors (Lipinski definition) is 4. The first-order chi connectivity index (χ1) is 16.5. The van der Waals surface area contributed by atoms with E-state index in [4.69, 9.17) is 16.8 Å². The Bertz CT molecular complexity index is 1320. The summed E-state index contributed by atoms with van der Waals surface area (Å²) >= 11 is 6.19. The molecule has 1 amide bonds. The highest BCUT2D eigenvalue weighted by Crippen LogP contribution is 2.29. The van der Waals surface area contributed by atoms with Gasteiger partial charge in [0.1, 0.15) is 0 Å². The summed E-state index contributed by atoms with van der Waals surface area (Å²) in [6.45, 7) is 0.437. The standard InChI is InChI=1S/C27H24ClN3O3/c28-26-24(9-4-14-29-26)30-17-19(15-18-10-12-21(13-11-18)27(33)31-34)16-25(32)23-8-3-6-20-5-1-2-7-22(20)23/h1-15,25,30,32,34H,16-17H2,(H,31,33). The van der Waals surface area contributed by atoms with E-state index in [1.807, 2.05) is 54.6 Å². The van der Waals surface area contributed by atoms with Gasteiger partial charge in [-0.05, 0) is 51.7 Å². The predicted molar refractivity (Wildman–Crippen MR) is 135 cm³/mol. The van der Waals surface area contributed by atoms with Crippen molar-refractivity contribution in [2.45, 2.75) is 12.5 Å². The minimum Gasteiger partial charge on any atom is -0.388 e. The van der Waals surface area contributed by atoms with E-state index in [0.29, 0.717) is 29.4 Å². The molecule has 34 heavy (non-hydrogen) atoms. The lowest BCUT2D eigenvalue weighted by Gasteiger charge is -2.17. The number of rotatable bonds is 8. The first kappa shape index (κ1) is 23.4. The third kappa shape index (κ3) is 5.61. The molecule has 0 aliphatic rings. The zero-order valence-corrected chi connectivity index (χ0v) is 19.0. The average molecular weight is 474 g/mol. The van der Waals surface area contributed by atoms with Gasteiger partial charge in [-0.1, -0.05) is 72.3 Å². The Morgan fingerprint density at radius 3 is 2.53 bits per heavy atom. The summed E-state index contributed by atoms with van der Waals surface area (Å²) < 4.78 is 0. The second-order valence-electron chi connectivity index (χ2n) is 7.85. The molecule has 0 saturated heterocycles. The highest BCUT2D eigenvalue weighted by atomic mass is 35.5. The number of pyridine rings is 1. The fourth-order valence-corrected chi connectivity index (χ4v) is 4.03. The van der Waals surface area contributed by atoms with Gasteiger partial charge in [0.2, 0.25) is 0 Å². The molecule has 172 valence electrons. The van der Waals surface area contributed by atoms with Gasteiger partial charge in [0.25, 0.3) is 5.91 Å². The highest BCUT2D eigenvalue weighted by molar-refractivity contribution is 6.31. The minimum atomic E-state index is -0.719. The van der Waals surface area contributed by atoms with Gasteiger partial charge in [0, 0.05) is 24.7 Å². The Hall–Kier alpha value is -3.71. The van der Waals surface area contributed by atoms with Crippen LogP contribution in [-0.2, 0) is 0 Å². The van der Waals surface area contributed by atoms with E-state index in [0.717, 1.165) is 27.5 Å². The average Bonchev–Trinajstić information content (AvgIpc) is 2.87. The third-order valence-electron chi connectivity index (χ3n) is 5.55. The molecule has 4 aromatic rings. The van der Waals surface area contributed by atoms with E-state index in [2.05, 4.69) is 10.3 Å². The zero-order valence-electron chi connectivity index (χ0n) is 18.3. The molecule has 1 heterocycles. The van der Waals surface area contributed by atoms with Crippen LogP contribution >= 0.6 is 11.6 Å². The number of amides is 1. The molecule has 4 N–H and O–H groups in total. The van der Waals surface area contributed by atoms with Gasteiger partial charge < -0.3 is 10.4 Å². The summed E-state index contributed by atoms with van der Waals surface area (Å²) in [5.41, 5.74) is 5.32. The highest BCUT2D eigenvalue weighted by Gasteiger charge is 2.14. The van der Waals surface area contributed by atoms with Crippen molar-refractivity contribution >= 4 is 40.0 Å². The number of fused-ring (bicyclic) bond motifs is 1. The summed E-state index contributed by atoms with van der Waals surface area (Å²) in [6, 6.07) is 24.4. The molecular formula is C27H24ClN3O3. The third-order valence-corrected chi connectivity index (χ3v) is 5.85. The number of nitrogens with zero attached hydrogens (tertiary/aromatic N) is 1. The van der Waals surface area contributed by atoms with E-state index in [-0.39, 0.29) is 0 Å². The number of aliphatic hydroxyl groups is 1. The lowest BCUT2D eigenvalue weighted by Crippen LogP contribution is -2.18. The van der Waals surface area contributed by atoms with Crippen molar-refractivity contribution in [3.05, 3.63) is 112 Å². The van der Waals surface area contributed by atoms with Crippen LogP contribution in [0.2, 0.25) is 5.15 Å². The van der Waals surface area contributed by atoms with Crippen LogP contribution < -0.4 is 10.8 Å². The number of aromatic nitrogens is 1. The Morgan fingerprint density at radius 1 is 1.00 bits per heavy atom. The lowest BCUT2D eigenvalue weighted by molar-refractivity contribution is 0.0706. The molecule has 0 spiro atoms. The number of hydrogen-bond acceptors (Lipinski definition) is 5. The number of halogens is 1. The fraction of sp³-hybridized carbons (Fsp3) is 0.111. The van der Waals surface area contributed by atoms with Crippen LogP contribution in [0.25, 0.3) is 16.8 Å². The summed E-state index contributed by atoms with van der Waals surface area (Å²) in [4.78, 5) is 15.7. The van der Waals surface area contributed by atoms with Crippen LogP contribution in [0.1, 0.15) is 34.0 Å². The maximum atomic E-state index is 11.6. The van der Waals surface area contributed by atoms with E-state index in [9.17, 15) is 9.90 Å². The molecule has 0 bridgehead atoms. The smallest absolute Gasteiger partial charge is 0.274 e. The van der Waals surface area contributed by atoms with Crippen molar-refractivity contribution < 1.29 is 15.1 Å². The van der Waals surface area contributed by atoms with Crippen molar-refractivity contribution in [3.8, 4) is 0 Å². The second-order valence-corrected chi connectivity index (χ2v) is 8.21. The number of hydroxylamine groups is 1. The van der Waals surface area contributed by atoms with E-state index in [1.165, 1.54) is 0 Å². The summed E-state index contributed by atoms with van der Waals surface area (Å²) in [7, 11) is 0. The Morgan fingerprint density at radius 2 is 1.76 bits per heavy atom. The summed E-state index contributed by atoms with van der Waals surface area (Å²) in [6.07, 6.45) is 3.26. The van der Waals surface area contributed by atoms with E-state index in [1.54, 1.807) is 42.0 Å². The van der Waals surface area contributed by atoms with Crippen LogP contribution in [-0.4, -0.2) is 27.7 Å². The maximum Gasteiger partial charge on any atom is 0.274 e. The molecular weight excluding hydrogens is 450 g/mol. The zero-order chi connectivity index (χ0) is 23.9. The molecule has 7 heteroatoms. The number of nitrogens with one attached hydrogen (secondary N) is 2. The minimum absolute atomic E-state index is 0.345. The normalized spacial score (nSPS) is 12.4. The van der Waals surface area contributed by atoms with Crippen molar-refractivity contribution in [1.29, 1.82) is 0 Å². The van der Waals surface area contributed by atoms with Crippen LogP contribution in [0.4, 0.5) is 5.69 Å². The van der Waals surface area contributed by atoms with E-state index >= 15 is 0 Å². The van der Waals surface area contributed by atoms with Gasteiger partial charge in [0.05, 0.1) is 11.8 Å². The van der Waals surface area contributed by atoms with E-state index < -0.39 is 12.0 Å². The van der Waals surface area contributed by atoms with Crippen molar-refractivity contribution in [2.24, 2.45) is 0 Å². The quantitative estimate of drug-likeness (QED) is 0.151. The SMILES string of the molecule is O=C(NO)c1ccc(C=C(CNc2cccnc2Cl)CC(O)c2cccc3ccccc23)cc1. The second kappa shape index (κ2) is 10.9. The van der Waals surface area contributed by atoms with Crippen LogP contribution in [0.15, 0.2) is 90.6 Å². The monoisotopic (exact) mass is 473 g/mol. The summed E-state index contributed by atoms with van der Waals surface area (Å²) in [5, 5.41) is 25.8. The molecule has 0 fully saturated rings. The molecule has 0 saturated carbocycles. The van der Waals surface area contributed by atoms with Gasteiger partial charge >= 0.3 is 0 Å². The number of carbonyl (C=O) groups is 1. The molecule has 4 rings (SSSR count). The first-order valence-corrected chi connectivity index (χ1v) is 11.2. The van der Waals surface area contributed by atoms with Gasteiger partial charge in [0.15, 0.2) is 5.15 Å². The van der Waals surface area contributed by atoms with Gasteiger partial charge in [-0.2, -0.15) is 0 Å². The molecule has 0 radical (unpaired) electrons. The van der Waals surface area contributed by atoms with Gasteiger partial charge in [-0.15, -0.1) is 0 Å². The fourth-order valence-electron chi connectivity index (χ4n) is 3.84. The van der Waals surface area contributed by atoms with Crippen molar-refractivity contribution in [2.75, 3.05) is 11.9 Å². The molecule has 6 nitrogen and oxygen atoms in total. The van der Waals surface area contributed by atoms with Crippen LogP contribution in [0.3, 0.4) is 0 Å². The topological polar surface area (TPSA) is 94.5 Å². The van der Waals surface area contributed by atoms with Crippen molar-refractivity contribution in [3.63, 3.8) is 0 Å². The Labute approximate surface area is 202 Å². The number of carbonyl (C=O) groups excluding carboxylic acids is 1. The number of benzene rings is 3. The van der Waals surface area contributed by atoms with Gasteiger partial charge in [-0.25, -0.2) is 10.5 Å². The number of aliphatic hydroxyl groups excluding tert-OH is 1. The Balaban J connectivity index is 1.61. The Kier molecular flexibility index (Phi) is 7.54. The molecule has 1 aromatic heterocycles. The van der Waals surface area contributed by atoms with Crippen LogP contribution in [0.5, 0.6) is 0 Å². The summed E-state index contributed by atoms with van der Waals surface area (Å²) in [5.74, 6) is -0.574. The molecule has 1 unspecified atom stereocenters. The van der Waals surface area contributed by atoms with Crippen molar-refractivity contribution in [1.82, 2.24) is 10.5 Å². The van der Waals surface area contributed by atoms with Gasteiger partial charge in [-0.3, -0.25) is 10.0 Å². The lowest BCUT2D eigenvalue weighted by atomic mass is 9.95. The van der Waals surface area contributed by atoms with Crippen LogP contribution in [0, 0.1) is 0 Å². The molecule has 1 atom stereocenters. The number of anilines is 1.